The van der Waals surface area contributed by atoms with E-state index in [2.05, 4.69) is 16.0 Å². The van der Waals surface area contributed by atoms with Crippen LogP contribution in [-0.4, -0.2) is 15.6 Å². The maximum absolute atomic E-state index is 13.2. The van der Waals surface area contributed by atoms with E-state index in [4.69, 9.17) is 23.8 Å². The van der Waals surface area contributed by atoms with Crippen molar-refractivity contribution in [2.75, 3.05) is 10.6 Å². The number of aromatic nitrogens is 1. The summed E-state index contributed by atoms with van der Waals surface area (Å²) >= 11 is 11.4. The average Bonchev–Trinajstić information content (AvgIpc) is 2.85. The predicted octanol–water partition coefficient (Wildman–Crippen LogP) is 5.16. The summed E-state index contributed by atoms with van der Waals surface area (Å²) in [7, 11) is 0. The van der Waals surface area contributed by atoms with Gasteiger partial charge >= 0.3 is 0 Å². The third-order valence-corrected chi connectivity index (χ3v) is 5.48. The molecular formula is C26H21ClN4O2S. The van der Waals surface area contributed by atoms with Crippen LogP contribution in [-0.2, 0) is 4.79 Å². The number of thiocarbonyl (C=S) groups is 1. The highest BCUT2D eigenvalue weighted by atomic mass is 35.5. The van der Waals surface area contributed by atoms with E-state index in [0.29, 0.717) is 21.5 Å². The van der Waals surface area contributed by atoms with Crippen LogP contribution in [0.5, 0.6) is 0 Å². The number of halogens is 1. The summed E-state index contributed by atoms with van der Waals surface area (Å²) in [6.45, 7) is 0. The van der Waals surface area contributed by atoms with Crippen LogP contribution in [0.3, 0.4) is 0 Å². The number of rotatable bonds is 6. The highest BCUT2D eigenvalue weighted by Gasteiger charge is 2.21. The Morgan fingerprint density at radius 3 is 2.09 bits per heavy atom. The normalized spacial score (nSPS) is 11.3. The van der Waals surface area contributed by atoms with Crippen LogP contribution in [0.2, 0.25) is 5.02 Å². The van der Waals surface area contributed by atoms with Crippen molar-refractivity contribution in [3.8, 4) is 5.69 Å². The Bertz CT molecular complexity index is 1340. The van der Waals surface area contributed by atoms with Gasteiger partial charge in [0.05, 0.1) is 0 Å². The first-order valence-corrected chi connectivity index (χ1v) is 11.3. The molecule has 4 rings (SSSR count). The third-order valence-electron chi connectivity index (χ3n) is 5.01. The fraction of sp³-hybridized carbons (Fsp3) is 0.0385. The van der Waals surface area contributed by atoms with Crippen LogP contribution < -0.4 is 21.5 Å². The number of hydrogen-bond donors (Lipinski definition) is 3. The van der Waals surface area contributed by atoms with Gasteiger partial charge in [-0.05, 0) is 72.4 Å². The molecule has 4 aromatic rings. The summed E-state index contributed by atoms with van der Waals surface area (Å²) in [6.07, 6.45) is 1.69. The van der Waals surface area contributed by atoms with Crippen molar-refractivity contribution in [2.45, 2.75) is 6.04 Å². The van der Waals surface area contributed by atoms with Crippen molar-refractivity contribution in [3.05, 3.63) is 124 Å². The molecule has 3 aromatic carbocycles. The Labute approximate surface area is 207 Å². The van der Waals surface area contributed by atoms with Crippen molar-refractivity contribution in [2.24, 2.45) is 0 Å². The predicted molar refractivity (Wildman–Crippen MR) is 141 cm³/mol. The number of nitrogens with zero attached hydrogens (tertiary/aromatic N) is 1. The molecule has 0 saturated carbocycles. The van der Waals surface area contributed by atoms with Gasteiger partial charge in [0, 0.05) is 34.3 Å². The SMILES string of the molecule is O=C(Nc1ccc(-n2ccccc2=O)cc1)C(NC(=S)Nc1ccc(Cl)cc1)c1ccccc1. The summed E-state index contributed by atoms with van der Waals surface area (Å²) in [4.78, 5) is 25.3. The van der Waals surface area contributed by atoms with Crippen LogP contribution in [0, 0.1) is 0 Å². The highest BCUT2D eigenvalue weighted by Crippen LogP contribution is 2.19. The maximum Gasteiger partial charge on any atom is 0.255 e. The largest absolute Gasteiger partial charge is 0.347 e. The van der Waals surface area contributed by atoms with E-state index in [1.165, 1.54) is 10.6 Å². The Balaban J connectivity index is 1.49. The van der Waals surface area contributed by atoms with Crippen LogP contribution >= 0.6 is 23.8 Å². The van der Waals surface area contributed by atoms with Crippen LogP contribution in [0.25, 0.3) is 5.69 Å². The molecule has 0 spiro atoms. The molecule has 8 heteroatoms. The van der Waals surface area contributed by atoms with Gasteiger partial charge in [-0.15, -0.1) is 0 Å². The Hall–Kier alpha value is -3.94. The maximum atomic E-state index is 13.2. The molecule has 1 amide bonds. The number of amides is 1. The van der Waals surface area contributed by atoms with Gasteiger partial charge < -0.3 is 16.0 Å². The number of pyridine rings is 1. The number of benzene rings is 3. The highest BCUT2D eigenvalue weighted by molar-refractivity contribution is 7.80. The van der Waals surface area contributed by atoms with E-state index in [9.17, 15) is 9.59 Å². The van der Waals surface area contributed by atoms with Gasteiger partial charge in [0.1, 0.15) is 6.04 Å². The number of nitrogens with one attached hydrogen (secondary N) is 3. The average molecular weight is 489 g/mol. The molecule has 1 unspecified atom stereocenters. The Kier molecular flexibility index (Phi) is 7.37. The second kappa shape index (κ2) is 10.8. The van der Waals surface area contributed by atoms with Gasteiger partial charge in [-0.25, -0.2) is 0 Å². The summed E-state index contributed by atoms with van der Waals surface area (Å²) in [5.74, 6) is -0.281. The number of carbonyl (C=O) groups is 1. The standard InChI is InChI=1S/C26H21ClN4O2S/c27-19-9-11-21(12-10-19)29-26(34)30-24(18-6-2-1-3-7-18)25(33)28-20-13-15-22(16-14-20)31-17-5-4-8-23(31)32/h1-17,24H,(H,28,33)(H2,29,30,34). The van der Waals surface area contributed by atoms with E-state index in [-0.39, 0.29) is 11.5 Å². The lowest BCUT2D eigenvalue weighted by molar-refractivity contribution is -0.117. The minimum atomic E-state index is -0.732. The fourth-order valence-corrected chi connectivity index (χ4v) is 3.70. The summed E-state index contributed by atoms with van der Waals surface area (Å²) in [6, 6.07) is 27.7. The lowest BCUT2D eigenvalue weighted by Gasteiger charge is -2.21. The number of anilines is 2. The molecule has 1 heterocycles. The van der Waals surface area contributed by atoms with E-state index in [1.807, 2.05) is 30.3 Å². The van der Waals surface area contributed by atoms with Crippen molar-refractivity contribution in [1.82, 2.24) is 9.88 Å². The summed E-state index contributed by atoms with van der Waals surface area (Å²) in [5, 5.41) is 9.99. The van der Waals surface area contributed by atoms with Crippen molar-refractivity contribution in [3.63, 3.8) is 0 Å². The van der Waals surface area contributed by atoms with Crippen LogP contribution in [0.15, 0.2) is 108 Å². The Morgan fingerprint density at radius 2 is 1.41 bits per heavy atom. The molecule has 0 radical (unpaired) electrons. The van der Waals surface area contributed by atoms with Gasteiger partial charge in [0.25, 0.3) is 11.5 Å². The van der Waals surface area contributed by atoms with Crippen molar-refractivity contribution >= 4 is 46.2 Å². The van der Waals surface area contributed by atoms with Gasteiger partial charge in [0.15, 0.2) is 5.11 Å². The quantitative estimate of drug-likeness (QED) is 0.327. The number of carbonyl (C=O) groups excluding carboxylic acids is 1. The lowest BCUT2D eigenvalue weighted by Crippen LogP contribution is -2.39. The Morgan fingerprint density at radius 1 is 0.794 bits per heavy atom. The van der Waals surface area contributed by atoms with Crippen LogP contribution in [0.1, 0.15) is 11.6 Å². The van der Waals surface area contributed by atoms with Crippen molar-refractivity contribution < 1.29 is 4.79 Å². The lowest BCUT2D eigenvalue weighted by atomic mass is 10.1. The molecule has 0 fully saturated rings. The first-order chi connectivity index (χ1) is 16.5. The minimum absolute atomic E-state index is 0.130. The molecule has 0 aliphatic carbocycles. The van der Waals surface area contributed by atoms with E-state index < -0.39 is 6.04 Å². The summed E-state index contributed by atoms with van der Waals surface area (Å²) in [5.41, 5.74) is 2.68. The molecular weight excluding hydrogens is 468 g/mol. The van der Waals surface area contributed by atoms with E-state index in [1.54, 1.807) is 66.9 Å². The fourth-order valence-electron chi connectivity index (χ4n) is 3.34. The van der Waals surface area contributed by atoms with Gasteiger partial charge in [-0.2, -0.15) is 0 Å². The molecule has 170 valence electrons. The summed E-state index contributed by atoms with van der Waals surface area (Å²) < 4.78 is 1.53. The van der Waals surface area contributed by atoms with E-state index >= 15 is 0 Å². The monoisotopic (exact) mass is 488 g/mol. The first-order valence-electron chi connectivity index (χ1n) is 10.5. The second-order valence-electron chi connectivity index (χ2n) is 7.39. The molecule has 34 heavy (non-hydrogen) atoms. The molecule has 1 atom stereocenters. The van der Waals surface area contributed by atoms with Crippen LogP contribution in [0.4, 0.5) is 11.4 Å². The first kappa shape index (κ1) is 23.2. The van der Waals surface area contributed by atoms with Gasteiger partial charge in [-0.3, -0.25) is 14.2 Å². The van der Waals surface area contributed by atoms with Gasteiger partial charge in [-0.1, -0.05) is 48.0 Å². The molecule has 3 N–H and O–H groups in total. The molecule has 1 aromatic heterocycles. The zero-order valence-corrected chi connectivity index (χ0v) is 19.5. The number of hydrogen-bond acceptors (Lipinski definition) is 3. The molecule has 6 nitrogen and oxygen atoms in total. The zero-order chi connectivity index (χ0) is 23.9. The van der Waals surface area contributed by atoms with Crippen molar-refractivity contribution in [1.29, 1.82) is 0 Å². The smallest absolute Gasteiger partial charge is 0.255 e. The molecule has 0 bridgehead atoms. The topological polar surface area (TPSA) is 75.2 Å². The van der Waals surface area contributed by atoms with Gasteiger partial charge in [0.2, 0.25) is 0 Å². The molecule has 0 aliphatic rings. The van der Waals surface area contributed by atoms with E-state index in [0.717, 1.165) is 11.3 Å². The minimum Gasteiger partial charge on any atom is -0.347 e. The third kappa shape index (κ3) is 5.89. The molecule has 0 saturated heterocycles. The zero-order valence-electron chi connectivity index (χ0n) is 17.9. The molecule has 0 aliphatic heterocycles. The second-order valence-corrected chi connectivity index (χ2v) is 8.24.